The first-order chi connectivity index (χ1) is 16.8. The third-order valence-electron chi connectivity index (χ3n) is 6.11. The highest BCUT2D eigenvalue weighted by Gasteiger charge is 2.34. The minimum absolute atomic E-state index is 0.0182. The number of likely N-dealkylation sites (tertiary alicyclic amines) is 1. The van der Waals surface area contributed by atoms with Crippen LogP contribution in [0.25, 0.3) is 11.1 Å². The second kappa shape index (κ2) is 10.4. The summed E-state index contributed by atoms with van der Waals surface area (Å²) in [6.45, 7) is 4.75. The first-order valence-electron chi connectivity index (χ1n) is 11.6. The lowest BCUT2D eigenvalue weighted by Crippen LogP contribution is -2.45. The summed E-state index contributed by atoms with van der Waals surface area (Å²) in [5, 5.41) is 14.8. The second-order valence-corrected chi connectivity index (χ2v) is 8.86. The summed E-state index contributed by atoms with van der Waals surface area (Å²) in [7, 11) is 0. The molecule has 3 N–H and O–H groups in total. The number of aromatic nitrogens is 1. The van der Waals surface area contributed by atoms with Gasteiger partial charge >= 0.3 is 12.0 Å². The zero-order valence-corrected chi connectivity index (χ0v) is 19.7. The molecule has 0 radical (unpaired) electrons. The SMILES string of the molecule is CC(C)c1ccc(NC(=O)N2CCC[C@@H]2C(=O)Nc2ccc(-c3ccc(C(=O)O)nc3)cc2)cc1. The van der Waals surface area contributed by atoms with Crippen molar-refractivity contribution in [3.05, 3.63) is 78.1 Å². The maximum atomic E-state index is 13.0. The standard InChI is InChI=1S/C27H28N4O4/c1-17(2)18-5-10-22(11-6-18)30-27(35)31-15-3-4-24(31)25(32)29-21-12-7-19(8-13-21)20-9-14-23(26(33)34)28-16-20/h5-14,16-17,24H,3-4,15H2,1-2H3,(H,29,32)(H,30,35)(H,33,34)/t24-/m1/s1. The number of benzene rings is 2. The fourth-order valence-corrected chi connectivity index (χ4v) is 4.09. The number of carboxylic acid groups (broad SMARTS) is 1. The average Bonchev–Trinajstić information content (AvgIpc) is 3.35. The molecule has 1 aliphatic heterocycles. The molecule has 8 heteroatoms. The number of nitrogens with one attached hydrogen (secondary N) is 2. The van der Waals surface area contributed by atoms with Gasteiger partial charge in [-0.25, -0.2) is 14.6 Å². The van der Waals surface area contributed by atoms with Crippen molar-refractivity contribution in [2.75, 3.05) is 17.2 Å². The van der Waals surface area contributed by atoms with E-state index in [1.54, 1.807) is 23.1 Å². The number of carbonyl (C=O) groups excluding carboxylic acids is 2. The molecule has 1 aromatic heterocycles. The Balaban J connectivity index is 1.37. The van der Waals surface area contributed by atoms with Crippen LogP contribution in [0.3, 0.4) is 0 Å². The molecule has 8 nitrogen and oxygen atoms in total. The van der Waals surface area contributed by atoms with Gasteiger partial charge in [0.2, 0.25) is 5.91 Å². The molecule has 0 aliphatic carbocycles. The van der Waals surface area contributed by atoms with Gasteiger partial charge in [0.15, 0.2) is 0 Å². The zero-order valence-electron chi connectivity index (χ0n) is 19.7. The van der Waals surface area contributed by atoms with Crippen LogP contribution in [0.1, 0.15) is 48.7 Å². The normalized spacial score (nSPS) is 15.2. The smallest absolute Gasteiger partial charge is 0.354 e. The molecule has 0 saturated carbocycles. The molecule has 1 aliphatic rings. The summed E-state index contributed by atoms with van der Waals surface area (Å²) in [5.41, 5.74) is 4.11. The summed E-state index contributed by atoms with van der Waals surface area (Å²) in [6.07, 6.45) is 2.86. The molecule has 3 aromatic rings. The quantitative estimate of drug-likeness (QED) is 0.456. The number of pyridine rings is 1. The van der Waals surface area contributed by atoms with Gasteiger partial charge in [-0.2, -0.15) is 0 Å². The topological polar surface area (TPSA) is 112 Å². The van der Waals surface area contributed by atoms with Crippen LogP contribution in [0, 0.1) is 0 Å². The van der Waals surface area contributed by atoms with Crippen molar-refractivity contribution in [2.45, 2.75) is 38.6 Å². The molecule has 1 atom stereocenters. The summed E-state index contributed by atoms with van der Waals surface area (Å²) in [5.74, 6) is -0.893. The van der Waals surface area contributed by atoms with Crippen molar-refractivity contribution in [1.82, 2.24) is 9.88 Å². The highest BCUT2D eigenvalue weighted by Crippen LogP contribution is 2.24. The van der Waals surface area contributed by atoms with E-state index in [9.17, 15) is 14.4 Å². The van der Waals surface area contributed by atoms with Crippen LogP contribution in [-0.2, 0) is 4.79 Å². The molecule has 0 bridgehead atoms. The van der Waals surface area contributed by atoms with Gasteiger partial charge in [-0.1, -0.05) is 44.2 Å². The molecule has 2 heterocycles. The van der Waals surface area contributed by atoms with Crippen molar-refractivity contribution in [1.29, 1.82) is 0 Å². The fourth-order valence-electron chi connectivity index (χ4n) is 4.09. The van der Waals surface area contributed by atoms with Crippen LogP contribution in [0.4, 0.5) is 16.2 Å². The second-order valence-electron chi connectivity index (χ2n) is 8.86. The molecular formula is C27H28N4O4. The minimum Gasteiger partial charge on any atom is -0.477 e. The van der Waals surface area contributed by atoms with E-state index in [1.807, 2.05) is 36.4 Å². The Labute approximate surface area is 204 Å². The molecule has 2 aromatic carbocycles. The predicted octanol–water partition coefficient (Wildman–Crippen LogP) is 5.21. The van der Waals surface area contributed by atoms with Gasteiger partial charge in [0.25, 0.3) is 0 Å². The van der Waals surface area contributed by atoms with Gasteiger partial charge in [-0.15, -0.1) is 0 Å². The fraction of sp³-hybridized carbons (Fsp3) is 0.259. The Kier molecular flexibility index (Phi) is 7.10. The number of urea groups is 1. The Hall–Kier alpha value is -4.20. The first kappa shape index (κ1) is 23.9. The lowest BCUT2D eigenvalue weighted by molar-refractivity contribution is -0.119. The van der Waals surface area contributed by atoms with Crippen LogP contribution in [0.2, 0.25) is 0 Å². The molecule has 180 valence electrons. The Morgan fingerprint density at radius 3 is 2.14 bits per heavy atom. The number of aromatic carboxylic acids is 1. The maximum absolute atomic E-state index is 13.0. The molecule has 4 rings (SSSR count). The van der Waals surface area contributed by atoms with E-state index >= 15 is 0 Å². The summed E-state index contributed by atoms with van der Waals surface area (Å²) >= 11 is 0. The third-order valence-corrected chi connectivity index (χ3v) is 6.11. The molecule has 1 fully saturated rings. The van der Waals surface area contributed by atoms with E-state index in [1.165, 1.54) is 17.8 Å². The number of nitrogens with zero attached hydrogens (tertiary/aromatic N) is 2. The van der Waals surface area contributed by atoms with Crippen molar-refractivity contribution >= 4 is 29.3 Å². The van der Waals surface area contributed by atoms with Crippen molar-refractivity contribution in [3.63, 3.8) is 0 Å². The van der Waals surface area contributed by atoms with Gasteiger partial charge in [0.1, 0.15) is 11.7 Å². The highest BCUT2D eigenvalue weighted by molar-refractivity contribution is 5.99. The maximum Gasteiger partial charge on any atom is 0.354 e. The van der Waals surface area contributed by atoms with Gasteiger partial charge < -0.3 is 20.6 Å². The first-order valence-corrected chi connectivity index (χ1v) is 11.6. The zero-order chi connectivity index (χ0) is 24.9. The number of rotatable bonds is 6. The van der Waals surface area contributed by atoms with E-state index in [0.717, 1.165) is 17.5 Å². The number of hydrogen-bond acceptors (Lipinski definition) is 4. The van der Waals surface area contributed by atoms with E-state index in [-0.39, 0.29) is 17.6 Å². The van der Waals surface area contributed by atoms with Gasteiger partial charge in [0, 0.05) is 29.7 Å². The Bertz CT molecular complexity index is 1210. The van der Waals surface area contributed by atoms with E-state index in [0.29, 0.717) is 30.3 Å². The largest absolute Gasteiger partial charge is 0.477 e. The number of carboxylic acids is 1. The van der Waals surface area contributed by atoms with Crippen LogP contribution >= 0.6 is 0 Å². The van der Waals surface area contributed by atoms with E-state index in [4.69, 9.17) is 5.11 Å². The molecule has 35 heavy (non-hydrogen) atoms. The number of carbonyl (C=O) groups is 3. The highest BCUT2D eigenvalue weighted by atomic mass is 16.4. The van der Waals surface area contributed by atoms with Crippen molar-refractivity contribution < 1.29 is 19.5 Å². The molecule has 0 unspecified atom stereocenters. The lowest BCUT2D eigenvalue weighted by Gasteiger charge is -2.24. The van der Waals surface area contributed by atoms with E-state index in [2.05, 4.69) is 29.5 Å². The Morgan fingerprint density at radius 1 is 0.914 bits per heavy atom. The summed E-state index contributed by atoms with van der Waals surface area (Å²) in [4.78, 5) is 42.3. The van der Waals surface area contributed by atoms with Crippen LogP contribution in [-0.4, -0.2) is 45.5 Å². The molecular weight excluding hydrogens is 444 g/mol. The van der Waals surface area contributed by atoms with Crippen LogP contribution in [0.15, 0.2) is 66.9 Å². The predicted molar refractivity (Wildman–Crippen MR) is 135 cm³/mol. The molecule has 0 spiro atoms. The molecule has 3 amide bonds. The Morgan fingerprint density at radius 2 is 1.54 bits per heavy atom. The third kappa shape index (κ3) is 5.66. The minimum atomic E-state index is -1.08. The summed E-state index contributed by atoms with van der Waals surface area (Å²) < 4.78 is 0. The average molecular weight is 473 g/mol. The number of hydrogen-bond donors (Lipinski definition) is 3. The molecule has 1 saturated heterocycles. The lowest BCUT2D eigenvalue weighted by atomic mass is 10.0. The monoisotopic (exact) mass is 472 g/mol. The van der Waals surface area contributed by atoms with Crippen molar-refractivity contribution in [3.8, 4) is 11.1 Å². The van der Waals surface area contributed by atoms with Gasteiger partial charge in [-0.3, -0.25) is 4.79 Å². The van der Waals surface area contributed by atoms with Crippen LogP contribution in [0.5, 0.6) is 0 Å². The van der Waals surface area contributed by atoms with Crippen molar-refractivity contribution in [2.24, 2.45) is 0 Å². The van der Waals surface area contributed by atoms with Crippen LogP contribution < -0.4 is 10.6 Å². The summed E-state index contributed by atoms with van der Waals surface area (Å²) in [6, 6.07) is 17.3. The van der Waals surface area contributed by atoms with E-state index < -0.39 is 12.0 Å². The number of amides is 3. The van der Waals surface area contributed by atoms with Gasteiger partial charge in [0.05, 0.1) is 0 Å². The van der Waals surface area contributed by atoms with Gasteiger partial charge in [-0.05, 0) is 60.2 Å². The number of anilines is 2.